The highest BCUT2D eigenvalue weighted by atomic mass is 14.6. The van der Waals surface area contributed by atoms with Gasteiger partial charge in [0.15, 0.2) is 0 Å². The van der Waals surface area contributed by atoms with Crippen LogP contribution in [0, 0.1) is 6.92 Å². The Balaban J connectivity index is 2.05. The monoisotopic (exact) mass is 294 g/mol. The quantitative estimate of drug-likeness (QED) is 0.813. The second-order valence-electron chi connectivity index (χ2n) is 6.74. The summed E-state index contributed by atoms with van der Waals surface area (Å²) in [6.07, 6.45) is 7.42. The molecule has 2 aromatic rings. The fourth-order valence-electron chi connectivity index (χ4n) is 3.96. The average Bonchev–Trinajstić information content (AvgIpc) is 2.54. The highest BCUT2D eigenvalue weighted by Gasteiger charge is 2.35. The first-order chi connectivity index (χ1) is 10.6. The molecule has 1 aliphatic carbocycles. The van der Waals surface area contributed by atoms with E-state index in [2.05, 4.69) is 36.4 Å². The topological polar surface area (TPSA) is 52.0 Å². The first-order valence-electron chi connectivity index (χ1n) is 8.31. The Bertz CT molecular complexity index is 640. The van der Waals surface area contributed by atoms with Crippen molar-refractivity contribution in [2.24, 2.45) is 0 Å². The minimum atomic E-state index is 0.169. The van der Waals surface area contributed by atoms with E-state index in [1.165, 1.54) is 43.2 Å². The number of rotatable bonds is 3. The molecule has 0 aliphatic heterocycles. The van der Waals surface area contributed by atoms with Crippen LogP contribution in [-0.2, 0) is 11.8 Å². The third kappa shape index (κ3) is 2.70. The smallest absolute Gasteiger partial charge is 0.0402 e. The Labute approximate surface area is 133 Å². The van der Waals surface area contributed by atoms with Gasteiger partial charge in [0.1, 0.15) is 0 Å². The summed E-state index contributed by atoms with van der Waals surface area (Å²) in [5.74, 6) is 0. The summed E-state index contributed by atoms with van der Waals surface area (Å²) in [6.45, 7) is 2.03. The lowest BCUT2D eigenvalue weighted by molar-refractivity contribution is 0.291. The second-order valence-corrected chi connectivity index (χ2v) is 6.74. The van der Waals surface area contributed by atoms with Crippen LogP contribution < -0.4 is 11.5 Å². The van der Waals surface area contributed by atoms with Gasteiger partial charge < -0.3 is 11.5 Å². The molecule has 0 spiro atoms. The molecule has 1 fully saturated rings. The van der Waals surface area contributed by atoms with Crippen molar-refractivity contribution < 1.29 is 0 Å². The van der Waals surface area contributed by atoms with Gasteiger partial charge in [0.2, 0.25) is 0 Å². The van der Waals surface area contributed by atoms with E-state index in [1.54, 1.807) is 0 Å². The van der Waals surface area contributed by atoms with Gasteiger partial charge in [-0.3, -0.25) is 0 Å². The fraction of sp³-hybridized carbons (Fsp3) is 0.400. The van der Waals surface area contributed by atoms with Gasteiger partial charge in [-0.15, -0.1) is 0 Å². The van der Waals surface area contributed by atoms with Crippen molar-refractivity contribution in [3.8, 4) is 0 Å². The molecule has 22 heavy (non-hydrogen) atoms. The van der Waals surface area contributed by atoms with E-state index in [0.717, 1.165) is 23.4 Å². The van der Waals surface area contributed by atoms with Gasteiger partial charge in [-0.25, -0.2) is 0 Å². The molecular weight excluding hydrogens is 268 g/mol. The van der Waals surface area contributed by atoms with E-state index in [-0.39, 0.29) is 5.41 Å². The molecule has 116 valence electrons. The molecule has 0 amide bonds. The Hall–Kier alpha value is -1.96. The lowest BCUT2D eigenvalue weighted by atomic mass is 9.65. The Morgan fingerprint density at radius 2 is 1.59 bits per heavy atom. The summed E-state index contributed by atoms with van der Waals surface area (Å²) in [5, 5.41) is 0. The molecule has 1 saturated carbocycles. The number of nitrogens with two attached hydrogens (primary N) is 2. The largest absolute Gasteiger partial charge is 0.398 e. The molecule has 0 bridgehead atoms. The number of nitrogen functional groups attached to an aromatic ring is 2. The molecule has 0 unspecified atom stereocenters. The molecule has 0 aromatic heterocycles. The van der Waals surface area contributed by atoms with Crippen molar-refractivity contribution in [3.63, 3.8) is 0 Å². The summed E-state index contributed by atoms with van der Waals surface area (Å²) < 4.78 is 0. The molecule has 0 heterocycles. The van der Waals surface area contributed by atoms with Crippen molar-refractivity contribution in [2.45, 2.75) is 50.9 Å². The lowest BCUT2D eigenvalue weighted by Crippen LogP contribution is -2.32. The third-order valence-electron chi connectivity index (χ3n) is 5.32. The van der Waals surface area contributed by atoms with Crippen molar-refractivity contribution in [1.29, 1.82) is 0 Å². The van der Waals surface area contributed by atoms with Gasteiger partial charge in [0.25, 0.3) is 0 Å². The van der Waals surface area contributed by atoms with Crippen LogP contribution in [0.1, 0.15) is 48.8 Å². The van der Waals surface area contributed by atoms with Crippen LogP contribution >= 0.6 is 0 Å². The summed E-state index contributed by atoms with van der Waals surface area (Å²) >= 11 is 0. The van der Waals surface area contributed by atoms with Crippen LogP contribution in [0.5, 0.6) is 0 Å². The summed E-state index contributed by atoms with van der Waals surface area (Å²) in [7, 11) is 0. The van der Waals surface area contributed by atoms with E-state index in [4.69, 9.17) is 11.5 Å². The van der Waals surface area contributed by atoms with Crippen LogP contribution in [0.2, 0.25) is 0 Å². The van der Waals surface area contributed by atoms with Gasteiger partial charge in [-0.1, -0.05) is 55.7 Å². The van der Waals surface area contributed by atoms with E-state index >= 15 is 0 Å². The van der Waals surface area contributed by atoms with Gasteiger partial charge >= 0.3 is 0 Å². The van der Waals surface area contributed by atoms with Gasteiger partial charge in [0.05, 0.1) is 0 Å². The molecule has 3 rings (SSSR count). The molecule has 4 N–H and O–H groups in total. The average molecular weight is 294 g/mol. The summed E-state index contributed by atoms with van der Waals surface area (Å²) in [4.78, 5) is 0. The molecule has 2 nitrogen and oxygen atoms in total. The molecule has 0 atom stereocenters. The van der Waals surface area contributed by atoms with Crippen molar-refractivity contribution >= 4 is 11.4 Å². The van der Waals surface area contributed by atoms with E-state index in [0.29, 0.717) is 0 Å². The summed E-state index contributed by atoms with van der Waals surface area (Å²) in [6, 6.07) is 15.0. The lowest BCUT2D eigenvalue weighted by Gasteiger charge is -2.39. The Morgan fingerprint density at radius 3 is 2.27 bits per heavy atom. The number of benzene rings is 2. The zero-order valence-corrected chi connectivity index (χ0v) is 13.4. The van der Waals surface area contributed by atoms with Crippen LogP contribution in [0.4, 0.5) is 11.4 Å². The van der Waals surface area contributed by atoms with Crippen LogP contribution in [0.3, 0.4) is 0 Å². The molecule has 2 heteroatoms. The Morgan fingerprint density at radius 1 is 0.909 bits per heavy atom. The molecule has 0 radical (unpaired) electrons. The van der Waals surface area contributed by atoms with Gasteiger partial charge in [0, 0.05) is 16.8 Å². The van der Waals surface area contributed by atoms with Crippen LogP contribution in [0.15, 0.2) is 42.5 Å². The van der Waals surface area contributed by atoms with E-state index in [1.807, 2.05) is 13.0 Å². The van der Waals surface area contributed by atoms with Gasteiger partial charge in [-0.05, 0) is 48.9 Å². The number of hydrogen-bond donors (Lipinski definition) is 2. The molecule has 2 aromatic carbocycles. The predicted molar refractivity (Wildman–Crippen MR) is 94.9 cm³/mol. The second kappa shape index (κ2) is 6.04. The minimum absolute atomic E-state index is 0.169. The van der Waals surface area contributed by atoms with Crippen LogP contribution in [-0.4, -0.2) is 0 Å². The third-order valence-corrected chi connectivity index (χ3v) is 5.32. The van der Waals surface area contributed by atoms with E-state index in [9.17, 15) is 0 Å². The zero-order chi connectivity index (χ0) is 15.6. The number of hydrogen-bond acceptors (Lipinski definition) is 2. The zero-order valence-electron chi connectivity index (χ0n) is 13.4. The van der Waals surface area contributed by atoms with Crippen LogP contribution in [0.25, 0.3) is 0 Å². The first-order valence-corrected chi connectivity index (χ1v) is 8.31. The van der Waals surface area contributed by atoms with Crippen molar-refractivity contribution in [1.82, 2.24) is 0 Å². The highest BCUT2D eigenvalue weighted by Crippen LogP contribution is 2.45. The number of anilines is 2. The van der Waals surface area contributed by atoms with Crippen molar-refractivity contribution in [3.05, 3.63) is 59.2 Å². The SMILES string of the molecule is Cc1c(N)ccc(C2(Cc3ccccc3)CCCCC2)c1N. The van der Waals surface area contributed by atoms with E-state index < -0.39 is 0 Å². The minimum Gasteiger partial charge on any atom is -0.398 e. The summed E-state index contributed by atoms with van der Waals surface area (Å²) in [5.41, 5.74) is 18.1. The maximum atomic E-state index is 6.47. The Kier molecular flexibility index (Phi) is 4.10. The molecular formula is C20H26N2. The highest BCUT2D eigenvalue weighted by molar-refractivity contribution is 5.66. The predicted octanol–water partition coefficient (Wildman–Crippen LogP) is 4.60. The maximum Gasteiger partial charge on any atom is 0.0402 e. The maximum absolute atomic E-state index is 6.47. The standard InChI is InChI=1S/C20H26N2/c1-15-18(21)11-10-17(19(15)22)20(12-6-3-7-13-20)14-16-8-4-2-5-9-16/h2,4-5,8-11H,3,6-7,12-14,21-22H2,1H3. The molecule has 1 aliphatic rings. The fourth-order valence-corrected chi connectivity index (χ4v) is 3.96. The normalized spacial score (nSPS) is 17.3. The van der Waals surface area contributed by atoms with Crippen molar-refractivity contribution in [2.75, 3.05) is 11.5 Å². The molecule has 0 saturated heterocycles. The first kappa shape index (κ1) is 15.0. The van der Waals surface area contributed by atoms with Gasteiger partial charge in [-0.2, -0.15) is 0 Å².